The summed E-state index contributed by atoms with van der Waals surface area (Å²) in [6, 6.07) is 7.79. The predicted octanol–water partition coefficient (Wildman–Crippen LogP) is 6.75. The van der Waals surface area contributed by atoms with E-state index in [1.165, 1.54) is 21.9 Å². The van der Waals surface area contributed by atoms with Gasteiger partial charge in [0.25, 0.3) is 5.91 Å². The van der Waals surface area contributed by atoms with E-state index in [9.17, 15) is 23.7 Å². The summed E-state index contributed by atoms with van der Waals surface area (Å²) in [4.78, 5) is 67.9. The van der Waals surface area contributed by atoms with Crippen LogP contribution in [0, 0.1) is 17.3 Å². The smallest absolute Gasteiger partial charge is 0.320 e. The van der Waals surface area contributed by atoms with Gasteiger partial charge in [0.05, 0.1) is 41.4 Å². The van der Waals surface area contributed by atoms with Crippen LogP contribution in [0.4, 0.5) is 9.28 Å². The molecule has 0 spiro atoms. The molecule has 3 aromatic heterocycles. The molecule has 2 aliphatic heterocycles. The van der Waals surface area contributed by atoms with Crippen LogP contribution in [0.1, 0.15) is 83.2 Å². The molecule has 0 radical (unpaired) electrons. The van der Waals surface area contributed by atoms with Crippen LogP contribution in [0.15, 0.2) is 41.9 Å². The number of carbonyl (C=O) groups excluding carboxylic acids is 4. The third kappa shape index (κ3) is 10.7. The molecule has 2 aliphatic rings. The van der Waals surface area contributed by atoms with Gasteiger partial charge in [0, 0.05) is 105 Å². The summed E-state index contributed by atoms with van der Waals surface area (Å²) in [6.45, 7) is 14.3. The number of hydrogen-bond donors (Lipinski definition) is 2. The Balaban J connectivity index is 1.39. The largest absolute Gasteiger partial charge is 0.465 e. The van der Waals surface area contributed by atoms with Crippen molar-refractivity contribution in [1.29, 1.82) is 0 Å². The number of esters is 1. The van der Waals surface area contributed by atoms with Gasteiger partial charge in [-0.05, 0) is 68.9 Å². The monoisotopic (exact) mass is 890 g/mol. The Morgan fingerprint density at radius 1 is 1.13 bits per heavy atom. The van der Waals surface area contributed by atoms with E-state index in [1.54, 1.807) is 32.4 Å². The number of nitrogens with zero attached hydrogens (tertiary/aromatic N) is 6. The first-order valence-corrected chi connectivity index (χ1v) is 22.7. The van der Waals surface area contributed by atoms with E-state index in [4.69, 9.17) is 24.2 Å². The lowest BCUT2D eigenvalue weighted by molar-refractivity contribution is -0.147. The van der Waals surface area contributed by atoms with Crippen LogP contribution in [0.25, 0.3) is 33.4 Å². The first-order valence-electron chi connectivity index (χ1n) is 21.8. The molecular weight excluding hydrogens is 828 g/mol. The lowest BCUT2D eigenvalue weighted by Gasteiger charge is -2.43. The number of halogens is 1. The summed E-state index contributed by atoms with van der Waals surface area (Å²) >= 11 is 1.34. The number of urea groups is 1. The second-order valence-electron chi connectivity index (χ2n) is 17.9. The van der Waals surface area contributed by atoms with Crippen molar-refractivity contribution in [3.05, 3.63) is 58.2 Å². The number of likely N-dealkylation sites (tertiary alicyclic amines) is 1. The number of aromatic nitrogens is 3. The van der Waals surface area contributed by atoms with Crippen molar-refractivity contribution >= 4 is 46.1 Å². The van der Waals surface area contributed by atoms with E-state index >= 15 is 0 Å². The molecule has 1 saturated heterocycles. The average molecular weight is 891 g/mol. The third-order valence-electron chi connectivity index (χ3n) is 12.1. The minimum absolute atomic E-state index is 0.0352. The molecule has 4 aromatic rings. The Morgan fingerprint density at radius 2 is 1.89 bits per heavy atom. The maximum absolute atomic E-state index is 14.5. The minimum Gasteiger partial charge on any atom is -0.465 e. The Bertz CT molecular complexity index is 2260. The van der Waals surface area contributed by atoms with Gasteiger partial charge in [0.1, 0.15) is 12.1 Å². The molecular formula is C46H63FN8O7S. The predicted molar refractivity (Wildman–Crippen MR) is 240 cm³/mol. The number of thiazole rings is 1. The number of rotatable bonds is 11. The molecule has 15 nitrogen and oxygen atoms in total. The zero-order chi connectivity index (χ0) is 45.6. The van der Waals surface area contributed by atoms with Crippen LogP contribution in [-0.4, -0.2) is 119 Å². The van der Waals surface area contributed by atoms with Gasteiger partial charge in [-0.15, -0.1) is 15.8 Å². The van der Waals surface area contributed by atoms with E-state index < -0.39 is 29.3 Å². The summed E-state index contributed by atoms with van der Waals surface area (Å²) in [6.07, 6.45) is 2.73. The summed E-state index contributed by atoms with van der Waals surface area (Å²) in [7, 11) is 4.87. The van der Waals surface area contributed by atoms with Crippen molar-refractivity contribution < 1.29 is 37.9 Å². The van der Waals surface area contributed by atoms with E-state index in [0.29, 0.717) is 49.8 Å². The number of aryl methyl sites for hydroxylation is 1. The van der Waals surface area contributed by atoms with E-state index in [2.05, 4.69) is 48.9 Å². The van der Waals surface area contributed by atoms with Crippen molar-refractivity contribution in [2.45, 2.75) is 98.4 Å². The maximum Gasteiger partial charge on any atom is 0.320 e. The van der Waals surface area contributed by atoms with Crippen molar-refractivity contribution in [2.75, 3.05) is 54.1 Å². The van der Waals surface area contributed by atoms with E-state index in [1.807, 2.05) is 38.3 Å². The number of amides is 4. The number of pyridine rings is 1. The molecule has 1 aromatic carbocycles. The number of ether oxygens (including phenoxy) is 3. The quantitative estimate of drug-likeness (QED) is 0.122. The maximum atomic E-state index is 14.5. The fourth-order valence-electron chi connectivity index (χ4n) is 8.76. The van der Waals surface area contributed by atoms with Crippen LogP contribution in [0.5, 0.6) is 0 Å². The molecule has 1 unspecified atom stereocenters. The lowest BCUT2D eigenvalue weighted by atomic mass is 9.84. The number of hydrogen-bond acceptors (Lipinski definition) is 11. The SMILES string of the molecule is CCn1c(-c2cccnc2[C@H](C)OC)c2c3cc(ccc31)-c1csc(n1)C[C@H](NC(=O)C(C(C)C)N(C)C(=O)N1CC(COC)C1)C(=O)N(NF)CCCCC(=O)OCC(C)(C)C2. The highest BCUT2D eigenvalue weighted by atomic mass is 32.1. The molecule has 4 amide bonds. The van der Waals surface area contributed by atoms with Gasteiger partial charge >= 0.3 is 12.0 Å². The van der Waals surface area contributed by atoms with Crippen molar-refractivity contribution in [2.24, 2.45) is 17.3 Å². The Labute approximate surface area is 373 Å². The fraction of sp³-hybridized carbons (Fsp3) is 0.565. The molecule has 6 rings (SSSR count). The van der Waals surface area contributed by atoms with Gasteiger partial charge in [-0.2, -0.15) is 0 Å². The van der Waals surface area contributed by atoms with Gasteiger partial charge in [-0.1, -0.05) is 39.4 Å². The Morgan fingerprint density at radius 3 is 2.57 bits per heavy atom. The highest BCUT2D eigenvalue weighted by Gasteiger charge is 2.39. The number of fused-ring (bicyclic) bond motifs is 4. The van der Waals surface area contributed by atoms with Crippen molar-refractivity contribution in [3.63, 3.8) is 0 Å². The molecule has 1 fully saturated rings. The molecule has 0 saturated carbocycles. The zero-order valence-electron chi connectivity index (χ0n) is 38.0. The number of nitrogens with one attached hydrogen (secondary N) is 2. The molecule has 63 heavy (non-hydrogen) atoms. The van der Waals surface area contributed by atoms with E-state index in [-0.39, 0.29) is 62.4 Å². The normalized spacial score (nSPS) is 18.9. The Hall–Kier alpha value is -4.97. The summed E-state index contributed by atoms with van der Waals surface area (Å²) < 4.78 is 33.7. The lowest BCUT2D eigenvalue weighted by Crippen LogP contribution is -2.61. The molecule has 4 bridgehead atoms. The molecule has 5 heterocycles. The number of carbonyl (C=O) groups is 4. The highest BCUT2D eigenvalue weighted by molar-refractivity contribution is 7.10. The average Bonchev–Trinajstić information content (AvgIpc) is 3.84. The summed E-state index contributed by atoms with van der Waals surface area (Å²) in [5.74, 6) is -1.75. The second kappa shape index (κ2) is 20.7. The van der Waals surface area contributed by atoms with Gasteiger partial charge in [-0.25, -0.2) is 14.8 Å². The second-order valence-corrected chi connectivity index (χ2v) is 18.8. The molecule has 0 aliphatic carbocycles. The number of benzene rings is 1. The highest BCUT2D eigenvalue weighted by Crippen LogP contribution is 2.42. The van der Waals surface area contributed by atoms with E-state index in [0.717, 1.165) is 44.0 Å². The molecule has 3 atom stereocenters. The number of cyclic esters (lactones) is 1. The van der Waals surface area contributed by atoms with Gasteiger partial charge < -0.3 is 33.9 Å². The molecule has 342 valence electrons. The number of methoxy groups -OCH3 is 2. The van der Waals surface area contributed by atoms with Gasteiger partial charge in [0.2, 0.25) is 5.91 Å². The minimum atomic E-state index is -1.24. The fourth-order valence-corrected chi connectivity index (χ4v) is 9.61. The number of hydrazine groups is 1. The van der Waals surface area contributed by atoms with Crippen LogP contribution >= 0.6 is 11.3 Å². The van der Waals surface area contributed by atoms with Gasteiger partial charge in [-0.3, -0.25) is 19.4 Å². The van der Waals surface area contributed by atoms with Crippen LogP contribution < -0.4 is 11.0 Å². The first-order chi connectivity index (χ1) is 30.1. The molecule has 17 heteroatoms. The standard InChI is InChI=1S/C46H63FN8O7S/c1-10-54-37-17-16-31-20-33(37)34(42(54)32-14-13-18-48-40(32)29(4)61-9)22-46(5,6)27-62-39(56)15-11-12-19-55(51-47)44(58)35(21-38-49-36(31)26-63-38)50-43(57)41(28(2)3)52(7)45(59)53-23-30(24-53)25-60-8/h13-14,16-18,20,26,28-30,35,41,51H,10-12,15,19,21-25,27H2,1-9H3,(H,50,57)/t29-,35-,41?/m0/s1. The van der Waals surface area contributed by atoms with Crippen LogP contribution in [0.2, 0.25) is 0 Å². The molecule has 2 N–H and O–H groups in total. The first kappa shape index (κ1) is 47.5. The Kier molecular flexibility index (Phi) is 15.6. The van der Waals surface area contributed by atoms with Crippen molar-refractivity contribution in [1.82, 2.24) is 40.3 Å². The summed E-state index contributed by atoms with van der Waals surface area (Å²) in [5, 5.41) is 7.18. The topological polar surface area (TPSA) is 160 Å². The van der Waals surface area contributed by atoms with Crippen LogP contribution in [0.3, 0.4) is 0 Å². The zero-order valence-corrected chi connectivity index (χ0v) is 38.9. The number of likely N-dealkylation sites (N-methyl/N-ethyl adjacent to an activating group) is 1. The third-order valence-corrected chi connectivity index (χ3v) is 12.9. The van der Waals surface area contributed by atoms with Gasteiger partial charge in [0.15, 0.2) is 0 Å². The van der Waals surface area contributed by atoms with Crippen molar-refractivity contribution in [3.8, 4) is 22.5 Å². The summed E-state index contributed by atoms with van der Waals surface area (Å²) in [5.41, 5.74) is 7.46. The van der Waals surface area contributed by atoms with Crippen LogP contribution in [-0.2, 0) is 48.0 Å².